The zero-order valence-corrected chi connectivity index (χ0v) is 15.8. The van der Waals surface area contributed by atoms with Crippen LogP contribution in [0.1, 0.15) is 24.0 Å². The van der Waals surface area contributed by atoms with Crippen molar-refractivity contribution in [3.8, 4) is 0 Å². The van der Waals surface area contributed by atoms with Gasteiger partial charge in [-0.15, -0.1) is 0 Å². The van der Waals surface area contributed by atoms with E-state index in [1.807, 2.05) is 34.1 Å². The summed E-state index contributed by atoms with van der Waals surface area (Å²) in [6.45, 7) is 2.29. The Morgan fingerprint density at radius 2 is 1.07 bits per heavy atom. The van der Waals surface area contributed by atoms with Gasteiger partial charge in [0.15, 0.2) is 0 Å². The van der Waals surface area contributed by atoms with E-state index in [9.17, 15) is 9.59 Å². The third-order valence-electron chi connectivity index (χ3n) is 4.23. The Bertz CT molecular complexity index is 664. The molecule has 0 saturated heterocycles. The molecule has 8 nitrogen and oxygen atoms in total. The van der Waals surface area contributed by atoms with Gasteiger partial charge in [0.05, 0.1) is 13.1 Å². The van der Waals surface area contributed by atoms with E-state index in [-0.39, 0.29) is 13.1 Å². The average molecular weight is 386 g/mol. The monoisotopic (exact) mass is 386 g/mol. The first kappa shape index (κ1) is 21.5. The lowest BCUT2D eigenvalue weighted by Gasteiger charge is -2.23. The van der Waals surface area contributed by atoms with Crippen LogP contribution in [0.4, 0.5) is 0 Å². The van der Waals surface area contributed by atoms with Crippen molar-refractivity contribution < 1.29 is 19.8 Å². The third-order valence-corrected chi connectivity index (χ3v) is 4.23. The molecule has 0 aliphatic carbocycles. The Balaban J connectivity index is 1.82. The molecule has 2 aromatic heterocycles. The van der Waals surface area contributed by atoms with E-state index in [1.54, 1.807) is 24.8 Å². The van der Waals surface area contributed by atoms with E-state index in [0.29, 0.717) is 26.2 Å². The van der Waals surface area contributed by atoms with Crippen molar-refractivity contribution in [3.63, 3.8) is 0 Å². The molecule has 150 valence electrons. The van der Waals surface area contributed by atoms with E-state index in [4.69, 9.17) is 10.2 Å². The summed E-state index contributed by atoms with van der Waals surface area (Å²) in [5.74, 6) is -1.72. The largest absolute Gasteiger partial charge is 0.480 e. The minimum absolute atomic E-state index is 0.0296. The van der Waals surface area contributed by atoms with Crippen molar-refractivity contribution in [2.75, 3.05) is 26.2 Å². The molecule has 0 fully saturated rings. The van der Waals surface area contributed by atoms with Gasteiger partial charge in [-0.05, 0) is 61.3 Å². The Kier molecular flexibility index (Phi) is 9.03. The van der Waals surface area contributed by atoms with Gasteiger partial charge in [-0.1, -0.05) is 0 Å². The van der Waals surface area contributed by atoms with E-state index in [1.165, 1.54) is 0 Å². The van der Waals surface area contributed by atoms with Crippen LogP contribution in [0.3, 0.4) is 0 Å². The number of carbonyl (C=O) groups is 2. The first-order valence-corrected chi connectivity index (χ1v) is 9.19. The van der Waals surface area contributed by atoms with Crippen LogP contribution in [0.15, 0.2) is 49.1 Å². The molecule has 2 rings (SSSR count). The summed E-state index contributed by atoms with van der Waals surface area (Å²) >= 11 is 0. The number of hydrogen-bond acceptors (Lipinski definition) is 6. The summed E-state index contributed by atoms with van der Waals surface area (Å²) in [5.41, 5.74) is 2.03. The van der Waals surface area contributed by atoms with Crippen LogP contribution in [-0.2, 0) is 22.7 Å². The summed E-state index contributed by atoms with van der Waals surface area (Å²) in [4.78, 5) is 34.0. The lowest BCUT2D eigenvalue weighted by molar-refractivity contribution is -0.139. The lowest BCUT2D eigenvalue weighted by atomic mass is 10.2. The Hall–Kier alpha value is -2.84. The fourth-order valence-corrected chi connectivity index (χ4v) is 2.97. The number of rotatable bonds is 13. The van der Waals surface area contributed by atoms with E-state index < -0.39 is 11.9 Å². The Morgan fingerprint density at radius 1 is 0.714 bits per heavy atom. The van der Waals surface area contributed by atoms with E-state index >= 15 is 0 Å². The van der Waals surface area contributed by atoms with Crippen molar-refractivity contribution in [3.05, 3.63) is 60.2 Å². The Labute approximate surface area is 164 Å². The topological polar surface area (TPSA) is 107 Å². The first-order valence-electron chi connectivity index (χ1n) is 9.19. The molecule has 0 radical (unpaired) electrons. The smallest absolute Gasteiger partial charge is 0.317 e. The van der Waals surface area contributed by atoms with Gasteiger partial charge in [0.1, 0.15) is 0 Å². The van der Waals surface area contributed by atoms with Gasteiger partial charge in [0, 0.05) is 37.9 Å². The number of carboxylic acids is 2. The van der Waals surface area contributed by atoms with Crippen molar-refractivity contribution in [2.45, 2.75) is 25.9 Å². The maximum atomic E-state index is 11.1. The molecular formula is C20H26N4O4. The zero-order valence-electron chi connectivity index (χ0n) is 15.8. The number of aromatic nitrogens is 2. The second kappa shape index (κ2) is 11.8. The van der Waals surface area contributed by atoms with Crippen molar-refractivity contribution in [1.29, 1.82) is 0 Å². The van der Waals surface area contributed by atoms with Crippen LogP contribution in [0.25, 0.3) is 0 Å². The van der Waals surface area contributed by atoms with Gasteiger partial charge in [-0.2, -0.15) is 0 Å². The third kappa shape index (κ3) is 8.70. The highest BCUT2D eigenvalue weighted by Crippen LogP contribution is 2.08. The average Bonchev–Trinajstić information content (AvgIpc) is 2.65. The van der Waals surface area contributed by atoms with Gasteiger partial charge in [0.2, 0.25) is 0 Å². The predicted molar refractivity (Wildman–Crippen MR) is 104 cm³/mol. The summed E-state index contributed by atoms with van der Waals surface area (Å²) in [7, 11) is 0. The number of hydrogen-bond donors (Lipinski definition) is 2. The molecule has 28 heavy (non-hydrogen) atoms. The first-order chi connectivity index (χ1) is 13.5. The fraction of sp³-hybridized carbons (Fsp3) is 0.400. The maximum Gasteiger partial charge on any atom is 0.317 e. The van der Waals surface area contributed by atoms with Crippen molar-refractivity contribution in [1.82, 2.24) is 19.8 Å². The highest BCUT2D eigenvalue weighted by Gasteiger charge is 2.13. The van der Waals surface area contributed by atoms with Gasteiger partial charge >= 0.3 is 11.9 Å². The van der Waals surface area contributed by atoms with Crippen molar-refractivity contribution in [2.24, 2.45) is 0 Å². The molecule has 0 unspecified atom stereocenters. The normalized spacial score (nSPS) is 11.1. The van der Waals surface area contributed by atoms with Gasteiger partial charge in [-0.25, -0.2) is 0 Å². The predicted octanol–water partition coefficient (Wildman–Crippen LogP) is 1.73. The van der Waals surface area contributed by atoms with Crippen molar-refractivity contribution >= 4 is 11.9 Å². The number of aliphatic carboxylic acids is 2. The molecule has 0 amide bonds. The standard InChI is InChI=1S/C20H26N4O4/c25-19(26)15-23(13-17-3-7-21-8-4-17)11-1-2-12-24(16-20(27)28)14-18-5-9-22-10-6-18/h3-10H,1-2,11-16H2,(H,25,26)(H,27,28). The minimum atomic E-state index is -0.862. The van der Waals surface area contributed by atoms with Crippen LogP contribution in [0, 0.1) is 0 Å². The fourth-order valence-electron chi connectivity index (χ4n) is 2.97. The molecule has 0 bridgehead atoms. The van der Waals surface area contributed by atoms with E-state index in [0.717, 1.165) is 24.0 Å². The molecule has 0 aliphatic rings. The molecule has 2 aromatic rings. The second-order valence-corrected chi connectivity index (χ2v) is 6.63. The van der Waals surface area contributed by atoms with Gasteiger partial charge in [-0.3, -0.25) is 29.4 Å². The molecule has 0 saturated carbocycles. The van der Waals surface area contributed by atoms with Crippen LogP contribution in [0.2, 0.25) is 0 Å². The van der Waals surface area contributed by atoms with Crippen LogP contribution in [-0.4, -0.2) is 68.1 Å². The molecule has 2 N–H and O–H groups in total. The summed E-state index contributed by atoms with van der Waals surface area (Å²) < 4.78 is 0. The summed E-state index contributed by atoms with van der Waals surface area (Å²) in [6, 6.07) is 7.49. The molecule has 0 aliphatic heterocycles. The van der Waals surface area contributed by atoms with Crippen LogP contribution >= 0.6 is 0 Å². The van der Waals surface area contributed by atoms with E-state index in [2.05, 4.69) is 9.97 Å². The number of pyridine rings is 2. The number of carboxylic acid groups (broad SMARTS) is 2. The summed E-state index contributed by atoms with van der Waals surface area (Å²) in [5, 5.41) is 18.3. The van der Waals surface area contributed by atoms with Gasteiger partial charge in [0.25, 0.3) is 0 Å². The second-order valence-electron chi connectivity index (χ2n) is 6.63. The molecular weight excluding hydrogens is 360 g/mol. The number of nitrogens with zero attached hydrogens (tertiary/aromatic N) is 4. The minimum Gasteiger partial charge on any atom is -0.480 e. The Morgan fingerprint density at radius 3 is 1.39 bits per heavy atom. The molecule has 8 heteroatoms. The van der Waals surface area contributed by atoms with Crippen LogP contribution < -0.4 is 0 Å². The number of unbranched alkanes of at least 4 members (excludes halogenated alkanes) is 1. The van der Waals surface area contributed by atoms with Crippen LogP contribution in [0.5, 0.6) is 0 Å². The quantitative estimate of drug-likeness (QED) is 0.501. The molecule has 0 spiro atoms. The van der Waals surface area contributed by atoms with Gasteiger partial charge < -0.3 is 10.2 Å². The lowest BCUT2D eigenvalue weighted by Crippen LogP contribution is -2.32. The summed E-state index contributed by atoms with van der Waals surface area (Å²) in [6.07, 6.45) is 8.33. The SMILES string of the molecule is O=C(O)CN(CCCCN(CC(=O)O)Cc1ccncc1)Cc1ccncc1. The highest BCUT2D eigenvalue weighted by molar-refractivity contribution is 5.69. The zero-order chi connectivity index (χ0) is 20.2. The molecule has 0 aromatic carbocycles. The highest BCUT2D eigenvalue weighted by atomic mass is 16.4. The molecule has 0 atom stereocenters. The maximum absolute atomic E-state index is 11.1. The molecule has 2 heterocycles.